The van der Waals surface area contributed by atoms with E-state index in [4.69, 9.17) is 4.98 Å². The Labute approximate surface area is 116 Å². The van der Waals surface area contributed by atoms with E-state index < -0.39 is 0 Å². The van der Waals surface area contributed by atoms with Crippen molar-refractivity contribution in [3.8, 4) is 0 Å². The van der Waals surface area contributed by atoms with E-state index in [9.17, 15) is 0 Å². The lowest BCUT2D eigenvalue weighted by molar-refractivity contribution is 0.332. The molecule has 0 aromatic carbocycles. The van der Waals surface area contributed by atoms with Crippen molar-refractivity contribution in [1.29, 1.82) is 0 Å². The smallest absolute Gasteiger partial charge is 0.113 e. The molecule has 18 heavy (non-hydrogen) atoms. The van der Waals surface area contributed by atoms with Crippen LogP contribution in [-0.4, -0.2) is 12.0 Å². The number of rotatable bonds is 5. The van der Waals surface area contributed by atoms with Crippen molar-refractivity contribution in [2.24, 2.45) is 5.92 Å². The van der Waals surface area contributed by atoms with Gasteiger partial charge in [0.25, 0.3) is 0 Å². The molecule has 0 amide bonds. The average Bonchev–Trinajstić information content (AvgIpc) is 2.75. The zero-order valence-electron chi connectivity index (χ0n) is 12.9. The SMILES string of the molecule is CNC(C)(CCC(C)C)c1nc(C(C)(C)C)cs1. The van der Waals surface area contributed by atoms with Crippen molar-refractivity contribution < 1.29 is 0 Å². The molecule has 0 bridgehead atoms. The minimum Gasteiger partial charge on any atom is -0.309 e. The Kier molecular flexibility index (Phi) is 4.96. The summed E-state index contributed by atoms with van der Waals surface area (Å²) in [5.74, 6) is 0.736. The molecule has 1 aromatic heterocycles. The third-order valence-corrected chi connectivity index (χ3v) is 4.62. The van der Waals surface area contributed by atoms with E-state index in [1.54, 1.807) is 11.3 Å². The Bertz CT molecular complexity index is 376. The van der Waals surface area contributed by atoms with Crippen LogP contribution in [0.5, 0.6) is 0 Å². The highest BCUT2D eigenvalue weighted by atomic mass is 32.1. The maximum absolute atomic E-state index is 4.86. The predicted molar refractivity (Wildman–Crippen MR) is 81.3 cm³/mol. The van der Waals surface area contributed by atoms with Crippen LogP contribution in [0.4, 0.5) is 0 Å². The van der Waals surface area contributed by atoms with Crippen LogP contribution < -0.4 is 5.32 Å². The van der Waals surface area contributed by atoms with E-state index in [0.29, 0.717) is 0 Å². The molecule has 0 fully saturated rings. The summed E-state index contributed by atoms with van der Waals surface area (Å²) in [6, 6.07) is 0. The zero-order valence-corrected chi connectivity index (χ0v) is 13.7. The summed E-state index contributed by atoms with van der Waals surface area (Å²) in [4.78, 5) is 4.86. The van der Waals surface area contributed by atoms with Crippen molar-refractivity contribution in [1.82, 2.24) is 10.3 Å². The quantitative estimate of drug-likeness (QED) is 0.860. The van der Waals surface area contributed by atoms with E-state index in [-0.39, 0.29) is 11.0 Å². The van der Waals surface area contributed by atoms with Gasteiger partial charge in [-0.05, 0) is 32.7 Å². The molecule has 2 nitrogen and oxygen atoms in total. The maximum Gasteiger partial charge on any atom is 0.113 e. The molecule has 0 aliphatic rings. The number of nitrogens with zero attached hydrogens (tertiary/aromatic N) is 1. The molecule has 1 atom stereocenters. The van der Waals surface area contributed by atoms with Gasteiger partial charge in [0.05, 0.1) is 11.2 Å². The van der Waals surface area contributed by atoms with Gasteiger partial charge in [0.15, 0.2) is 0 Å². The third-order valence-electron chi connectivity index (χ3n) is 3.52. The second kappa shape index (κ2) is 5.70. The van der Waals surface area contributed by atoms with Crippen molar-refractivity contribution in [3.63, 3.8) is 0 Å². The van der Waals surface area contributed by atoms with Crippen LogP contribution in [0, 0.1) is 5.92 Å². The number of thiazole rings is 1. The molecule has 1 N–H and O–H groups in total. The minimum atomic E-state index is 0.0123. The molecule has 0 saturated carbocycles. The lowest BCUT2D eigenvalue weighted by atomic mass is 9.91. The van der Waals surface area contributed by atoms with Gasteiger partial charge < -0.3 is 5.32 Å². The molecular formula is C15H28N2S. The average molecular weight is 268 g/mol. The van der Waals surface area contributed by atoms with Crippen LogP contribution >= 0.6 is 11.3 Å². The van der Waals surface area contributed by atoms with E-state index in [2.05, 4.69) is 52.2 Å². The van der Waals surface area contributed by atoms with Crippen molar-refractivity contribution >= 4 is 11.3 Å². The first-order valence-corrected chi connectivity index (χ1v) is 7.72. The molecule has 0 radical (unpaired) electrons. The number of hydrogen-bond acceptors (Lipinski definition) is 3. The van der Waals surface area contributed by atoms with Crippen LogP contribution in [0.3, 0.4) is 0 Å². The fourth-order valence-electron chi connectivity index (χ4n) is 1.79. The summed E-state index contributed by atoms with van der Waals surface area (Å²) < 4.78 is 0. The molecule has 0 saturated heterocycles. The summed E-state index contributed by atoms with van der Waals surface area (Å²) in [6.45, 7) is 13.5. The molecule has 3 heteroatoms. The zero-order chi connectivity index (χ0) is 14.0. The number of nitrogens with one attached hydrogen (secondary N) is 1. The van der Waals surface area contributed by atoms with Gasteiger partial charge in [-0.1, -0.05) is 34.6 Å². The van der Waals surface area contributed by atoms with E-state index in [0.717, 1.165) is 12.3 Å². The Morgan fingerprint density at radius 2 is 1.89 bits per heavy atom. The summed E-state index contributed by atoms with van der Waals surface area (Å²) in [5.41, 5.74) is 1.35. The molecule has 104 valence electrons. The number of hydrogen-bond donors (Lipinski definition) is 1. The summed E-state index contributed by atoms with van der Waals surface area (Å²) in [5, 5.41) is 6.89. The lowest BCUT2D eigenvalue weighted by Gasteiger charge is -2.28. The second-order valence-corrected chi connectivity index (χ2v) is 7.66. The van der Waals surface area contributed by atoms with Gasteiger partial charge in [0, 0.05) is 10.8 Å². The normalized spacial score (nSPS) is 16.0. The highest BCUT2D eigenvalue weighted by Crippen LogP contribution is 2.33. The van der Waals surface area contributed by atoms with Crippen LogP contribution in [0.1, 0.15) is 65.1 Å². The molecule has 1 heterocycles. The Balaban J connectivity index is 2.91. The predicted octanol–water partition coefficient (Wildman–Crippen LogP) is 4.31. The largest absolute Gasteiger partial charge is 0.309 e. The summed E-state index contributed by atoms with van der Waals surface area (Å²) >= 11 is 1.79. The van der Waals surface area contributed by atoms with Crippen molar-refractivity contribution in [2.45, 2.75) is 65.3 Å². The Morgan fingerprint density at radius 1 is 1.28 bits per heavy atom. The van der Waals surface area contributed by atoms with Gasteiger partial charge in [-0.2, -0.15) is 0 Å². The van der Waals surface area contributed by atoms with Crippen molar-refractivity contribution in [2.75, 3.05) is 7.05 Å². The standard InChI is InChI=1S/C15H28N2S/c1-11(2)8-9-15(6,16-7)13-17-12(10-18-13)14(3,4)5/h10-11,16H,8-9H2,1-7H3. The monoisotopic (exact) mass is 268 g/mol. The van der Waals surface area contributed by atoms with Gasteiger partial charge in [-0.15, -0.1) is 11.3 Å². The first-order valence-electron chi connectivity index (χ1n) is 6.84. The molecule has 1 rings (SSSR count). The van der Waals surface area contributed by atoms with Gasteiger partial charge >= 0.3 is 0 Å². The van der Waals surface area contributed by atoms with Crippen LogP contribution in [-0.2, 0) is 11.0 Å². The fourth-order valence-corrected chi connectivity index (χ4v) is 3.03. The summed E-state index contributed by atoms with van der Waals surface area (Å²) in [7, 11) is 2.04. The highest BCUT2D eigenvalue weighted by Gasteiger charge is 2.29. The fraction of sp³-hybridized carbons (Fsp3) is 0.800. The van der Waals surface area contributed by atoms with E-state index >= 15 is 0 Å². The summed E-state index contributed by atoms with van der Waals surface area (Å²) in [6.07, 6.45) is 2.36. The van der Waals surface area contributed by atoms with Crippen LogP contribution in [0.15, 0.2) is 5.38 Å². The lowest BCUT2D eigenvalue weighted by Crippen LogP contribution is -2.37. The van der Waals surface area contributed by atoms with Gasteiger partial charge in [0.1, 0.15) is 5.01 Å². The van der Waals surface area contributed by atoms with E-state index in [1.165, 1.54) is 17.1 Å². The number of aromatic nitrogens is 1. The van der Waals surface area contributed by atoms with E-state index in [1.807, 2.05) is 7.05 Å². The van der Waals surface area contributed by atoms with Gasteiger partial charge in [-0.25, -0.2) is 4.98 Å². The maximum atomic E-state index is 4.86. The van der Waals surface area contributed by atoms with Crippen LogP contribution in [0.25, 0.3) is 0 Å². The first-order chi connectivity index (χ1) is 8.19. The molecular weight excluding hydrogens is 240 g/mol. The topological polar surface area (TPSA) is 24.9 Å². The first kappa shape index (κ1) is 15.6. The molecule has 0 aliphatic heterocycles. The third kappa shape index (κ3) is 3.79. The molecule has 0 spiro atoms. The Hall–Kier alpha value is -0.410. The highest BCUT2D eigenvalue weighted by molar-refractivity contribution is 7.09. The van der Waals surface area contributed by atoms with Gasteiger partial charge in [0.2, 0.25) is 0 Å². The minimum absolute atomic E-state index is 0.0123. The van der Waals surface area contributed by atoms with Crippen LogP contribution in [0.2, 0.25) is 0 Å². The molecule has 1 aromatic rings. The van der Waals surface area contributed by atoms with Gasteiger partial charge in [-0.3, -0.25) is 0 Å². The molecule has 0 aliphatic carbocycles. The van der Waals surface area contributed by atoms with Crippen molar-refractivity contribution in [3.05, 3.63) is 16.1 Å². The molecule has 1 unspecified atom stereocenters. The second-order valence-electron chi connectivity index (χ2n) is 6.80. The Morgan fingerprint density at radius 3 is 2.28 bits per heavy atom.